The normalized spacial score (nSPS) is 11.6. The third-order valence-corrected chi connectivity index (χ3v) is 2.91. The molecule has 0 bridgehead atoms. The summed E-state index contributed by atoms with van der Waals surface area (Å²) in [5.41, 5.74) is 9.48. The number of nitrogens with two attached hydrogens (primary N) is 1. The molecule has 0 aromatic heterocycles. The first-order valence-corrected chi connectivity index (χ1v) is 5.96. The molecule has 0 heterocycles. The highest BCUT2D eigenvalue weighted by atomic mass is 19.1. The Morgan fingerprint density at radius 1 is 0.944 bits per heavy atom. The quantitative estimate of drug-likeness (QED) is 0.867. The first-order valence-electron chi connectivity index (χ1n) is 5.96. The summed E-state index contributed by atoms with van der Waals surface area (Å²) in [6.07, 6.45) is 1.17. The van der Waals surface area contributed by atoms with Gasteiger partial charge in [-0.1, -0.05) is 54.6 Å². The van der Waals surface area contributed by atoms with Crippen LogP contribution in [0.3, 0.4) is 0 Å². The summed E-state index contributed by atoms with van der Waals surface area (Å²) in [5.74, 6) is 0. The van der Waals surface area contributed by atoms with Gasteiger partial charge in [0.25, 0.3) is 0 Å². The van der Waals surface area contributed by atoms with Gasteiger partial charge in [0.15, 0.2) is 0 Å². The maximum absolute atomic E-state index is 12.4. The molecule has 0 amide bonds. The van der Waals surface area contributed by atoms with Crippen LogP contribution in [-0.4, -0.2) is 6.54 Å². The maximum atomic E-state index is 12.4. The zero-order valence-corrected chi connectivity index (χ0v) is 10.1. The molecule has 0 spiro atoms. The highest BCUT2D eigenvalue weighted by Gasteiger charge is 2.00. The van der Waals surface area contributed by atoms with Crippen LogP contribution in [0.1, 0.15) is 5.56 Å². The van der Waals surface area contributed by atoms with Crippen molar-refractivity contribution < 1.29 is 4.39 Å². The summed E-state index contributed by atoms with van der Waals surface area (Å²) >= 11 is 0. The Labute approximate surface area is 107 Å². The lowest BCUT2D eigenvalue weighted by atomic mass is 10.0. The second kappa shape index (κ2) is 6.12. The van der Waals surface area contributed by atoms with Crippen molar-refractivity contribution in [2.45, 2.75) is 6.42 Å². The number of rotatable bonds is 4. The molecule has 0 radical (unpaired) electrons. The number of hydrogen-bond acceptors (Lipinski definition) is 1. The van der Waals surface area contributed by atoms with Gasteiger partial charge in [0.1, 0.15) is 0 Å². The molecule has 92 valence electrons. The molecule has 0 saturated carbocycles. The van der Waals surface area contributed by atoms with Crippen LogP contribution in [0, 0.1) is 0 Å². The van der Waals surface area contributed by atoms with Crippen LogP contribution in [0.5, 0.6) is 0 Å². The Kier molecular flexibility index (Phi) is 4.26. The fourth-order valence-electron chi connectivity index (χ4n) is 1.86. The molecule has 0 atom stereocenters. The van der Waals surface area contributed by atoms with Crippen molar-refractivity contribution in [2.75, 3.05) is 6.54 Å². The van der Waals surface area contributed by atoms with Gasteiger partial charge in [0.05, 0.1) is 6.33 Å². The average molecular weight is 241 g/mol. The smallest absolute Gasteiger partial charge is 0.0875 e. The van der Waals surface area contributed by atoms with E-state index in [0.29, 0.717) is 18.3 Å². The Bertz CT molecular complexity index is 515. The van der Waals surface area contributed by atoms with E-state index in [9.17, 15) is 4.39 Å². The standard InChI is InChI=1S/C16H16FN/c17-11-14(12-18)10-13-6-8-16(9-7-13)15-4-2-1-3-5-15/h1-9,11H,10,12,18H2/b14-11-. The number of halogens is 1. The maximum Gasteiger partial charge on any atom is 0.0875 e. The molecule has 0 aliphatic heterocycles. The van der Waals surface area contributed by atoms with Gasteiger partial charge in [0, 0.05) is 6.54 Å². The van der Waals surface area contributed by atoms with Crippen molar-refractivity contribution in [1.29, 1.82) is 0 Å². The first kappa shape index (κ1) is 12.5. The predicted octanol–water partition coefficient (Wildman–Crippen LogP) is 3.71. The largest absolute Gasteiger partial charge is 0.327 e. The van der Waals surface area contributed by atoms with Crippen molar-refractivity contribution in [3.8, 4) is 11.1 Å². The fourth-order valence-corrected chi connectivity index (χ4v) is 1.86. The summed E-state index contributed by atoms with van der Waals surface area (Å²) in [6.45, 7) is 0.261. The lowest BCUT2D eigenvalue weighted by Gasteiger charge is -2.05. The van der Waals surface area contributed by atoms with Crippen LogP contribution in [0.15, 0.2) is 66.5 Å². The summed E-state index contributed by atoms with van der Waals surface area (Å²) in [7, 11) is 0. The third-order valence-electron chi connectivity index (χ3n) is 2.91. The van der Waals surface area contributed by atoms with Gasteiger partial charge >= 0.3 is 0 Å². The van der Waals surface area contributed by atoms with E-state index in [1.54, 1.807) is 0 Å². The van der Waals surface area contributed by atoms with Gasteiger partial charge < -0.3 is 5.73 Å². The molecule has 2 heteroatoms. The van der Waals surface area contributed by atoms with Gasteiger partial charge in [-0.15, -0.1) is 0 Å². The molecule has 2 N–H and O–H groups in total. The second-order valence-corrected chi connectivity index (χ2v) is 4.21. The topological polar surface area (TPSA) is 26.0 Å². The lowest BCUT2D eigenvalue weighted by molar-refractivity contribution is 0.699. The van der Waals surface area contributed by atoms with E-state index in [1.165, 1.54) is 5.56 Å². The Morgan fingerprint density at radius 3 is 2.11 bits per heavy atom. The molecule has 0 aliphatic rings. The average Bonchev–Trinajstić information content (AvgIpc) is 2.46. The molecule has 0 aliphatic carbocycles. The Balaban J connectivity index is 2.16. The van der Waals surface area contributed by atoms with Crippen molar-refractivity contribution in [2.24, 2.45) is 5.73 Å². The predicted molar refractivity (Wildman–Crippen MR) is 73.8 cm³/mol. The first-order chi connectivity index (χ1) is 8.83. The van der Waals surface area contributed by atoms with Crippen LogP contribution in [0.4, 0.5) is 4.39 Å². The summed E-state index contributed by atoms with van der Waals surface area (Å²) in [4.78, 5) is 0. The lowest BCUT2D eigenvalue weighted by Crippen LogP contribution is -2.05. The molecule has 0 saturated heterocycles. The van der Waals surface area contributed by atoms with E-state index in [2.05, 4.69) is 24.3 Å². The van der Waals surface area contributed by atoms with E-state index in [1.807, 2.05) is 30.3 Å². The summed E-state index contributed by atoms with van der Waals surface area (Å²) in [5, 5.41) is 0. The van der Waals surface area contributed by atoms with E-state index in [0.717, 1.165) is 11.1 Å². The van der Waals surface area contributed by atoms with Gasteiger partial charge in [-0.2, -0.15) is 0 Å². The van der Waals surface area contributed by atoms with Gasteiger partial charge in [0.2, 0.25) is 0 Å². The monoisotopic (exact) mass is 241 g/mol. The molecular formula is C16H16FN. The van der Waals surface area contributed by atoms with Crippen LogP contribution in [0.25, 0.3) is 11.1 Å². The molecule has 2 aromatic carbocycles. The van der Waals surface area contributed by atoms with Crippen LogP contribution < -0.4 is 5.73 Å². The van der Waals surface area contributed by atoms with Gasteiger partial charge in [-0.3, -0.25) is 0 Å². The fraction of sp³-hybridized carbons (Fsp3) is 0.125. The van der Waals surface area contributed by atoms with Crippen molar-refractivity contribution in [1.82, 2.24) is 0 Å². The highest BCUT2D eigenvalue weighted by molar-refractivity contribution is 5.63. The van der Waals surface area contributed by atoms with Crippen LogP contribution >= 0.6 is 0 Å². The minimum Gasteiger partial charge on any atom is -0.327 e. The zero-order chi connectivity index (χ0) is 12.8. The molecule has 0 unspecified atom stereocenters. The van der Waals surface area contributed by atoms with Crippen molar-refractivity contribution >= 4 is 0 Å². The van der Waals surface area contributed by atoms with Crippen LogP contribution in [0.2, 0.25) is 0 Å². The van der Waals surface area contributed by atoms with E-state index in [4.69, 9.17) is 5.73 Å². The minimum absolute atomic E-state index is 0.261. The van der Waals surface area contributed by atoms with Crippen molar-refractivity contribution in [3.63, 3.8) is 0 Å². The summed E-state index contributed by atoms with van der Waals surface area (Å²) < 4.78 is 12.4. The number of benzene rings is 2. The zero-order valence-electron chi connectivity index (χ0n) is 10.1. The molecular weight excluding hydrogens is 225 g/mol. The van der Waals surface area contributed by atoms with Crippen molar-refractivity contribution in [3.05, 3.63) is 72.1 Å². The molecule has 1 nitrogen and oxygen atoms in total. The van der Waals surface area contributed by atoms with Crippen LogP contribution in [-0.2, 0) is 6.42 Å². The van der Waals surface area contributed by atoms with E-state index < -0.39 is 0 Å². The molecule has 2 rings (SSSR count). The number of hydrogen-bond donors (Lipinski definition) is 1. The Morgan fingerprint density at radius 2 is 1.56 bits per heavy atom. The SMILES string of the molecule is NC/C(=C\F)Cc1ccc(-c2ccccc2)cc1. The molecule has 18 heavy (non-hydrogen) atoms. The van der Waals surface area contributed by atoms with E-state index in [-0.39, 0.29) is 6.54 Å². The third kappa shape index (κ3) is 3.05. The molecule has 2 aromatic rings. The highest BCUT2D eigenvalue weighted by Crippen LogP contribution is 2.20. The van der Waals surface area contributed by atoms with Gasteiger partial charge in [-0.05, 0) is 28.7 Å². The second-order valence-electron chi connectivity index (χ2n) is 4.21. The summed E-state index contributed by atoms with van der Waals surface area (Å²) in [6, 6.07) is 18.3. The minimum atomic E-state index is 0.261. The Hall–Kier alpha value is -1.93. The van der Waals surface area contributed by atoms with Gasteiger partial charge in [-0.25, -0.2) is 4.39 Å². The molecule has 0 fully saturated rings. The van der Waals surface area contributed by atoms with E-state index >= 15 is 0 Å².